The van der Waals surface area contributed by atoms with Gasteiger partial charge in [-0.25, -0.2) is 0 Å². The number of rotatable bonds is 3. The number of halogens is 1. The summed E-state index contributed by atoms with van der Waals surface area (Å²) in [4.78, 5) is 14.7. The minimum atomic E-state index is -0.283. The van der Waals surface area contributed by atoms with Gasteiger partial charge >= 0.3 is 0 Å². The molecule has 0 radical (unpaired) electrons. The Balaban J connectivity index is 1.67. The molecule has 1 aliphatic rings. The summed E-state index contributed by atoms with van der Waals surface area (Å²) in [7, 11) is 0. The first-order valence-electron chi connectivity index (χ1n) is 8.75. The Kier molecular flexibility index (Phi) is 6.12. The summed E-state index contributed by atoms with van der Waals surface area (Å²) < 4.78 is 0. The van der Waals surface area contributed by atoms with Crippen LogP contribution in [0.1, 0.15) is 30.1 Å². The van der Waals surface area contributed by atoms with Gasteiger partial charge in [-0.1, -0.05) is 36.7 Å². The van der Waals surface area contributed by atoms with Crippen LogP contribution < -0.4 is 15.5 Å². The van der Waals surface area contributed by atoms with Gasteiger partial charge in [-0.3, -0.25) is 10.1 Å². The molecule has 0 aromatic heterocycles. The number of benzene rings is 2. The van der Waals surface area contributed by atoms with Gasteiger partial charge in [0.1, 0.15) is 0 Å². The van der Waals surface area contributed by atoms with Crippen molar-refractivity contribution in [1.82, 2.24) is 5.32 Å². The largest absolute Gasteiger partial charge is 0.370 e. The predicted octanol–water partition coefficient (Wildman–Crippen LogP) is 4.70. The number of anilines is 2. The van der Waals surface area contributed by atoms with Crippen LogP contribution in [0, 0.1) is 5.92 Å². The third kappa shape index (κ3) is 4.74. The van der Waals surface area contributed by atoms with Crippen LogP contribution in [-0.4, -0.2) is 24.1 Å². The van der Waals surface area contributed by atoms with Gasteiger partial charge in [-0.15, -0.1) is 0 Å². The van der Waals surface area contributed by atoms with Crippen molar-refractivity contribution in [1.29, 1.82) is 0 Å². The summed E-state index contributed by atoms with van der Waals surface area (Å²) in [6.07, 6.45) is 2.37. The summed E-state index contributed by atoms with van der Waals surface area (Å²) in [5, 5.41) is 6.66. The number of hydrogen-bond donors (Lipinski definition) is 2. The Hall–Kier alpha value is -2.11. The fourth-order valence-corrected chi connectivity index (χ4v) is 3.46. The molecular formula is C20H22ClN3OS. The van der Waals surface area contributed by atoms with Gasteiger partial charge in [0.15, 0.2) is 5.11 Å². The van der Waals surface area contributed by atoms with Crippen LogP contribution in [0.15, 0.2) is 48.5 Å². The van der Waals surface area contributed by atoms with E-state index in [0.717, 1.165) is 30.4 Å². The average Bonchev–Trinajstić information content (AvgIpc) is 2.63. The van der Waals surface area contributed by atoms with Gasteiger partial charge in [-0.05, 0) is 61.3 Å². The highest BCUT2D eigenvalue weighted by Crippen LogP contribution is 2.29. The van der Waals surface area contributed by atoms with Gasteiger partial charge in [0.25, 0.3) is 5.91 Å². The fourth-order valence-electron chi connectivity index (χ4n) is 3.06. The van der Waals surface area contributed by atoms with E-state index in [0.29, 0.717) is 10.6 Å². The van der Waals surface area contributed by atoms with E-state index < -0.39 is 0 Å². The van der Waals surface area contributed by atoms with E-state index in [1.807, 2.05) is 18.2 Å². The SMILES string of the molecule is CC1CCN(c2ccccc2NC(=S)NC(=O)c2cccc(Cl)c2)CC1. The standard InChI is InChI=1S/C20H22ClN3OS/c1-14-9-11-24(12-10-14)18-8-3-2-7-17(18)22-20(26)23-19(25)15-5-4-6-16(21)13-15/h2-8,13-14H,9-12H2,1H3,(H2,22,23,25,26). The summed E-state index contributed by atoms with van der Waals surface area (Å²) in [6, 6.07) is 14.8. The number of piperidine rings is 1. The van der Waals surface area contributed by atoms with E-state index in [9.17, 15) is 4.79 Å². The Labute approximate surface area is 164 Å². The molecule has 3 rings (SSSR count). The fraction of sp³-hybridized carbons (Fsp3) is 0.300. The third-order valence-corrected chi connectivity index (χ3v) is 5.03. The van der Waals surface area contributed by atoms with E-state index in [4.69, 9.17) is 23.8 Å². The molecular weight excluding hydrogens is 366 g/mol. The smallest absolute Gasteiger partial charge is 0.257 e. The maximum Gasteiger partial charge on any atom is 0.257 e. The minimum Gasteiger partial charge on any atom is -0.370 e. The van der Waals surface area contributed by atoms with Crippen LogP contribution in [0.25, 0.3) is 0 Å². The van der Waals surface area contributed by atoms with E-state index in [1.165, 1.54) is 12.8 Å². The maximum atomic E-state index is 12.3. The molecule has 6 heteroatoms. The third-order valence-electron chi connectivity index (χ3n) is 4.59. The number of para-hydroxylation sites is 2. The van der Waals surface area contributed by atoms with Crippen molar-refractivity contribution >= 4 is 46.2 Å². The molecule has 1 amide bonds. The Morgan fingerprint density at radius 3 is 2.62 bits per heavy atom. The lowest BCUT2D eigenvalue weighted by Crippen LogP contribution is -2.36. The van der Waals surface area contributed by atoms with Crippen molar-refractivity contribution in [3.8, 4) is 0 Å². The zero-order valence-corrected chi connectivity index (χ0v) is 16.2. The highest BCUT2D eigenvalue weighted by molar-refractivity contribution is 7.80. The molecule has 0 bridgehead atoms. The summed E-state index contributed by atoms with van der Waals surface area (Å²) >= 11 is 11.3. The lowest BCUT2D eigenvalue weighted by Gasteiger charge is -2.33. The molecule has 136 valence electrons. The molecule has 2 aromatic carbocycles. The van der Waals surface area contributed by atoms with Crippen LogP contribution in [-0.2, 0) is 0 Å². The molecule has 0 spiro atoms. The van der Waals surface area contributed by atoms with E-state index in [1.54, 1.807) is 24.3 Å². The first kappa shape index (κ1) is 18.7. The zero-order chi connectivity index (χ0) is 18.5. The van der Waals surface area contributed by atoms with Gasteiger partial charge in [0.05, 0.1) is 11.4 Å². The van der Waals surface area contributed by atoms with Crippen molar-refractivity contribution in [2.24, 2.45) is 5.92 Å². The first-order chi connectivity index (χ1) is 12.5. The monoisotopic (exact) mass is 387 g/mol. The second-order valence-corrected chi connectivity index (χ2v) is 7.45. The number of nitrogens with zero attached hydrogens (tertiary/aromatic N) is 1. The molecule has 0 saturated carbocycles. The molecule has 2 N–H and O–H groups in total. The number of carbonyl (C=O) groups excluding carboxylic acids is 1. The van der Waals surface area contributed by atoms with Crippen LogP contribution in [0.2, 0.25) is 5.02 Å². The molecule has 0 aliphatic carbocycles. The minimum absolute atomic E-state index is 0.271. The van der Waals surface area contributed by atoms with Gasteiger partial charge in [-0.2, -0.15) is 0 Å². The molecule has 0 atom stereocenters. The summed E-state index contributed by atoms with van der Waals surface area (Å²) in [5.74, 6) is 0.485. The van der Waals surface area contributed by atoms with Gasteiger partial charge < -0.3 is 10.2 Å². The van der Waals surface area contributed by atoms with E-state index in [2.05, 4.69) is 28.5 Å². The van der Waals surface area contributed by atoms with Crippen LogP contribution in [0.5, 0.6) is 0 Å². The van der Waals surface area contributed by atoms with Gasteiger partial charge in [0, 0.05) is 23.7 Å². The first-order valence-corrected chi connectivity index (χ1v) is 9.53. The summed E-state index contributed by atoms with van der Waals surface area (Å²) in [6.45, 7) is 4.35. The van der Waals surface area contributed by atoms with E-state index in [-0.39, 0.29) is 11.0 Å². The van der Waals surface area contributed by atoms with Crippen molar-refractivity contribution < 1.29 is 4.79 Å². The number of hydrogen-bond acceptors (Lipinski definition) is 3. The normalized spacial score (nSPS) is 14.8. The Morgan fingerprint density at radius 2 is 1.88 bits per heavy atom. The number of nitrogens with one attached hydrogen (secondary N) is 2. The van der Waals surface area contributed by atoms with Crippen LogP contribution in [0.4, 0.5) is 11.4 Å². The lowest BCUT2D eigenvalue weighted by atomic mass is 9.98. The second kappa shape index (κ2) is 8.52. The molecule has 2 aromatic rings. The molecule has 1 fully saturated rings. The maximum absolute atomic E-state index is 12.3. The van der Waals surface area contributed by atoms with Crippen molar-refractivity contribution in [2.75, 3.05) is 23.3 Å². The number of thiocarbonyl (C=S) groups is 1. The molecule has 26 heavy (non-hydrogen) atoms. The highest BCUT2D eigenvalue weighted by Gasteiger charge is 2.18. The van der Waals surface area contributed by atoms with E-state index >= 15 is 0 Å². The average molecular weight is 388 g/mol. The highest BCUT2D eigenvalue weighted by atomic mass is 35.5. The van der Waals surface area contributed by atoms with Crippen molar-refractivity contribution in [3.05, 3.63) is 59.1 Å². The van der Waals surface area contributed by atoms with Crippen molar-refractivity contribution in [3.63, 3.8) is 0 Å². The zero-order valence-electron chi connectivity index (χ0n) is 14.7. The Bertz CT molecular complexity index is 803. The van der Waals surface area contributed by atoms with Gasteiger partial charge in [0.2, 0.25) is 0 Å². The lowest BCUT2D eigenvalue weighted by molar-refractivity contribution is 0.0977. The predicted molar refractivity (Wildman–Crippen MR) is 112 cm³/mol. The molecule has 1 saturated heterocycles. The number of amides is 1. The summed E-state index contributed by atoms with van der Waals surface area (Å²) in [5.41, 5.74) is 2.48. The number of carbonyl (C=O) groups is 1. The quantitative estimate of drug-likeness (QED) is 0.749. The molecule has 4 nitrogen and oxygen atoms in total. The Morgan fingerprint density at radius 1 is 1.15 bits per heavy atom. The second-order valence-electron chi connectivity index (χ2n) is 6.61. The van der Waals surface area contributed by atoms with Crippen molar-refractivity contribution in [2.45, 2.75) is 19.8 Å². The molecule has 1 aliphatic heterocycles. The topological polar surface area (TPSA) is 44.4 Å². The van der Waals surface area contributed by atoms with Crippen LogP contribution >= 0.6 is 23.8 Å². The van der Waals surface area contributed by atoms with Crippen LogP contribution in [0.3, 0.4) is 0 Å². The molecule has 0 unspecified atom stereocenters. The molecule has 1 heterocycles.